The topological polar surface area (TPSA) is 113 Å². The maximum atomic E-state index is 13.5. The number of aliphatic hydroxyl groups excluding tert-OH is 1. The van der Waals surface area contributed by atoms with Crippen LogP contribution in [-0.2, 0) is 14.3 Å². The number of hydrogen-bond acceptors (Lipinski definition) is 7. The number of esters is 1. The fourth-order valence-corrected chi connectivity index (χ4v) is 4.67. The lowest BCUT2D eigenvalue weighted by Crippen LogP contribution is -2.29. The number of carbonyl (C=O) groups excluding carboxylic acids is 3. The van der Waals surface area contributed by atoms with Gasteiger partial charge in [0.05, 0.1) is 30.4 Å². The minimum atomic E-state index is -1.03. The molecule has 2 N–H and O–H groups in total. The van der Waals surface area contributed by atoms with Gasteiger partial charge in [-0.15, -0.1) is 0 Å². The molecule has 1 aliphatic heterocycles. The molecule has 0 radical (unpaired) electrons. The van der Waals surface area contributed by atoms with E-state index in [1.54, 1.807) is 49.4 Å². The van der Waals surface area contributed by atoms with E-state index in [-0.39, 0.29) is 29.6 Å². The summed E-state index contributed by atoms with van der Waals surface area (Å²) in [5, 5.41) is 21.7. The van der Waals surface area contributed by atoms with Gasteiger partial charge in [0.25, 0.3) is 11.7 Å². The Labute approximate surface area is 227 Å². The van der Waals surface area contributed by atoms with Gasteiger partial charge in [-0.3, -0.25) is 14.5 Å². The van der Waals surface area contributed by atoms with E-state index in [1.165, 1.54) is 29.2 Å². The van der Waals surface area contributed by atoms with E-state index in [0.29, 0.717) is 34.7 Å². The smallest absolute Gasteiger partial charge is 0.338 e. The molecule has 1 aliphatic rings. The minimum Gasteiger partial charge on any atom is -0.508 e. The van der Waals surface area contributed by atoms with Gasteiger partial charge in [-0.05, 0) is 85.5 Å². The van der Waals surface area contributed by atoms with E-state index < -0.39 is 23.7 Å². The molecule has 1 heterocycles. The van der Waals surface area contributed by atoms with Crippen molar-refractivity contribution in [3.63, 3.8) is 0 Å². The first-order chi connectivity index (χ1) is 18.7. The summed E-state index contributed by atoms with van der Waals surface area (Å²) in [7, 11) is 0. The number of rotatable bonds is 8. The van der Waals surface area contributed by atoms with Crippen molar-refractivity contribution in [1.82, 2.24) is 0 Å². The number of carbonyl (C=O) groups is 3. The Kier molecular flexibility index (Phi) is 8.04. The number of nitrogens with zero attached hydrogens (tertiary/aromatic N) is 1. The summed E-state index contributed by atoms with van der Waals surface area (Å²) in [4.78, 5) is 40.2. The first-order valence-corrected chi connectivity index (χ1v) is 12.8. The second-order valence-electron chi connectivity index (χ2n) is 9.37. The first kappa shape index (κ1) is 27.4. The lowest BCUT2D eigenvalue weighted by molar-refractivity contribution is -0.132. The van der Waals surface area contributed by atoms with Crippen LogP contribution in [0.1, 0.15) is 66.7 Å². The Morgan fingerprint density at radius 3 is 2.26 bits per heavy atom. The number of Topliss-reactive ketones (excluding diaryl/α,β-unsaturated/α-hetero) is 1. The first-order valence-electron chi connectivity index (χ1n) is 12.8. The van der Waals surface area contributed by atoms with Crippen LogP contribution in [0, 0.1) is 0 Å². The molecule has 8 heteroatoms. The monoisotopic (exact) mass is 529 g/mol. The number of aromatic hydroxyl groups is 1. The summed E-state index contributed by atoms with van der Waals surface area (Å²) >= 11 is 0. The van der Waals surface area contributed by atoms with Gasteiger partial charge in [-0.25, -0.2) is 4.79 Å². The number of ether oxygens (including phenoxy) is 2. The van der Waals surface area contributed by atoms with Crippen molar-refractivity contribution in [3.8, 4) is 11.5 Å². The summed E-state index contributed by atoms with van der Waals surface area (Å²) in [5.74, 6) is -1.86. The maximum absolute atomic E-state index is 13.5. The molecule has 1 fully saturated rings. The summed E-state index contributed by atoms with van der Waals surface area (Å²) < 4.78 is 10.8. The lowest BCUT2D eigenvalue weighted by Gasteiger charge is -2.25. The van der Waals surface area contributed by atoms with Gasteiger partial charge < -0.3 is 19.7 Å². The van der Waals surface area contributed by atoms with Gasteiger partial charge in [0, 0.05) is 11.3 Å². The van der Waals surface area contributed by atoms with Crippen LogP contribution in [-0.4, -0.2) is 41.1 Å². The Morgan fingerprint density at radius 1 is 0.949 bits per heavy atom. The van der Waals surface area contributed by atoms with E-state index in [2.05, 4.69) is 0 Å². The van der Waals surface area contributed by atoms with Crippen molar-refractivity contribution in [2.75, 3.05) is 18.1 Å². The number of phenols is 1. The van der Waals surface area contributed by atoms with Crippen molar-refractivity contribution in [2.24, 2.45) is 0 Å². The largest absolute Gasteiger partial charge is 0.508 e. The predicted octanol–water partition coefficient (Wildman–Crippen LogP) is 5.72. The average molecular weight is 530 g/mol. The molecule has 1 atom stereocenters. The van der Waals surface area contributed by atoms with Crippen molar-refractivity contribution < 1.29 is 34.1 Å². The molecule has 0 aliphatic carbocycles. The highest BCUT2D eigenvalue weighted by Crippen LogP contribution is 2.43. The van der Waals surface area contributed by atoms with E-state index >= 15 is 0 Å². The number of hydrogen-bond donors (Lipinski definition) is 2. The van der Waals surface area contributed by atoms with Crippen molar-refractivity contribution >= 4 is 29.1 Å². The van der Waals surface area contributed by atoms with Crippen LogP contribution < -0.4 is 9.64 Å². The molecule has 0 saturated carbocycles. The van der Waals surface area contributed by atoms with Gasteiger partial charge in [0.1, 0.15) is 17.3 Å². The predicted molar refractivity (Wildman–Crippen MR) is 147 cm³/mol. The van der Waals surface area contributed by atoms with Crippen LogP contribution in [0.25, 0.3) is 5.76 Å². The van der Waals surface area contributed by atoms with E-state index in [1.807, 2.05) is 20.8 Å². The van der Waals surface area contributed by atoms with Crippen molar-refractivity contribution in [1.29, 1.82) is 0 Å². The quantitative estimate of drug-likeness (QED) is 0.166. The highest BCUT2D eigenvalue weighted by molar-refractivity contribution is 6.51. The summed E-state index contributed by atoms with van der Waals surface area (Å²) in [6.45, 7) is 8.27. The molecule has 3 aromatic rings. The van der Waals surface area contributed by atoms with Crippen LogP contribution in [0.4, 0.5) is 5.69 Å². The third kappa shape index (κ3) is 5.36. The fourth-order valence-electron chi connectivity index (χ4n) is 4.67. The van der Waals surface area contributed by atoms with Crippen molar-refractivity contribution in [2.45, 2.75) is 39.7 Å². The molecule has 0 spiro atoms. The zero-order valence-corrected chi connectivity index (χ0v) is 22.3. The SMILES string of the molecule is CCOC(=O)c1ccc(N2C(=O)C(=O)/C(=C(\O)c3ccc(OCC)c(C(C)C)c3)C2c2cccc(O)c2)cc1. The summed E-state index contributed by atoms with van der Waals surface area (Å²) in [5.41, 5.74) is 2.16. The second kappa shape index (κ2) is 11.4. The van der Waals surface area contributed by atoms with Crippen LogP contribution in [0.3, 0.4) is 0 Å². The highest BCUT2D eigenvalue weighted by atomic mass is 16.5. The maximum Gasteiger partial charge on any atom is 0.338 e. The molecule has 1 unspecified atom stereocenters. The lowest BCUT2D eigenvalue weighted by atomic mass is 9.93. The summed E-state index contributed by atoms with van der Waals surface area (Å²) in [6, 6.07) is 16.4. The van der Waals surface area contributed by atoms with Gasteiger partial charge in [0.2, 0.25) is 0 Å². The van der Waals surface area contributed by atoms with Gasteiger partial charge in [-0.2, -0.15) is 0 Å². The Hall–Kier alpha value is -4.59. The third-order valence-corrected chi connectivity index (χ3v) is 6.49. The Bertz CT molecular complexity index is 1440. The number of benzene rings is 3. The van der Waals surface area contributed by atoms with Crippen molar-refractivity contribution in [3.05, 3.63) is 94.6 Å². The average Bonchev–Trinajstić information content (AvgIpc) is 3.19. The van der Waals surface area contributed by atoms with Crippen LogP contribution in [0.2, 0.25) is 0 Å². The fraction of sp³-hybridized carbons (Fsp3) is 0.258. The molecule has 39 heavy (non-hydrogen) atoms. The standard InChI is InChI=1S/C31H31NO7/c1-5-38-25-15-12-21(17-24(25)18(3)4)28(34)26-27(20-8-7-9-23(33)16-20)32(30(36)29(26)35)22-13-10-19(11-14-22)31(37)39-6-2/h7-18,27,33-34H,5-6H2,1-4H3/b28-26-. The molecular weight excluding hydrogens is 498 g/mol. The summed E-state index contributed by atoms with van der Waals surface area (Å²) in [6.07, 6.45) is 0. The Balaban J connectivity index is 1.88. The van der Waals surface area contributed by atoms with Gasteiger partial charge in [0.15, 0.2) is 0 Å². The second-order valence-corrected chi connectivity index (χ2v) is 9.37. The third-order valence-electron chi connectivity index (χ3n) is 6.49. The normalized spacial score (nSPS) is 16.5. The van der Waals surface area contributed by atoms with Gasteiger partial charge in [-0.1, -0.05) is 26.0 Å². The van der Waals surface area contributed by atoms with Gasteiger partial charge >= 0.3 is 5.97 Å². The molecule has 4 rings (SSSR count). The van der Waals surface area contributed by atoms with Crippen LogP contribution >= 0.6 is 0 Å². The zero-order valence-electron chi connectivity index (χ0n) is 22.3. The number of aliphatic hydroxyl groups is 1. The highest BCUT2D eigenvalue weighted by Gasteiger charge is 2.47. The molecule has 1 saturated heterocycles. The molecular formula is C31H31NO7. The number of anilines is 1. The van der Waals surface area contributed by atoms with E-state index in [4.69, 9.17) is 9.47 Å². The Morgan fingerprint density at radius 2 is 1.64 bits per heavy atom. The number of ketones is 1. The van der Waals surface area contributed by atoms with Crippen LogP contribution in [0.5, 0.6) is 11.5 Å². The molecule has 8 nitrogen and oxygen atoms in total. The minimum absolute atomic E-state index is 0.0566. The molecule has 1 amide bonds. The molecule has 0 bridgehead atoms. The number of amides is 1. The van der Waals surface area contributed by atoms with E-state index in [0.717, 1.165) is 5.56 Å². The molecule has 3 aromatic carbocycles. The number of phenolic OH excluding ortho intramolecular Hbond substituents is 1. The molecule has 202 valence electrons. The van der Waals surface area contributed by atoms with Crippen LogP contribution in [0.15, 0.2) is 72.3 Å². The zero-order chi connectivity index (χ0) is 28.3. The van der Waals surface area contributed by atoms with E-state index in [9.17, 15) is 24.6 Å². The molecule has 0 aromatic heterocycles.